The van der Waals surface area contributed by atoms with Gasteiger partial charge in [0.1, 0.15) is 17.5 Å². The predicted molar refractivity (Wildman–Crippen MR) is 116 cm³/mol. The number of hydrogen-bond donors (Lipinski definition) is 3. The van der Waals surface area contributed by atoms with Gasteiger partial charge in [0.05, 0.1) is 18.7 Å². The predicted octanol–water partition coefficient (Wildman–Crippen LogP) is 3.31. The largest absolute Gasteiger partial charge is 0.508 e. The number of rotatable bonds is 6. The van der Waals surface area contributed by atoms with Crippen molar-refractivity contribution in [2.75, 3.05) is 13.2 Å². The van der Waals surface area contributed by atoms with Gasteiger partial charge in [0.2, 0.25) is 5.91 Å². The number of hydrogen-bond acceptors (Lipinski definition) is 5. The second-order valence-corrected chi connectivity index (χ2v) is 8.07. The zero-order valence-electron chi connectivity index (χ0n) is 17.7. The summed E-state index contributed by atoms with van der Waals surface area (Å²) in [6.45, 7) is 10.8. The maximum Gasteiger partial charge on any atom is 0.242 e. The van der Waals surface area contributed by atoms with E-state index >= 15 is 0 Å². The van der Waals surface area contributed by atoms with Gasteiger partial charge in [-0.15, -0.1) is 6.58 Å². The maximum absolute atomic E-state index is 13.3. The van der Waals surface area contributed by atoms with E-state index in [9.17, 15) is 9.90 Å². The molecule has 0 spiro atoms. The third kappa shape index (κ3) is 3.36. The zero-order chi connectivity index (χ0) is 21.4. The van der Waals surface area contributed by atoms with Crippen LogP contribution in [0.25, 0.3) is 0 Å². The summed E-state index contributed by atoms with van der Waals surface area (Å²) in [4.78, 5) is 15.1. The average molecular weight is 408 g/mol. The molecular formula is C24H29N3O3. The van der Waals surface area contributed by atoms with E-state index in [0.29, 0.717) is 13.2 Å². The standard InChI is InChI=1S/C24H29N3O3/c1-5-10-27-23(16-8-7-9-17(13-16)30-6-2)20-21(25-26-22(20)24(27)29)19-15(4)11-14(3)12-18(19)28/h5,7-9,11-13,20-23,25-26,28H,1,6,10H2,2-4H3. The van der Waals surface area contributed by atoms with Crippen molar-refractivity contribution in [2.45, 2.75) is 38.9 Å². The lowest BCUT2D eigenvalue weighted by Crippen LogP contribution is -2.41. The van der Waals surface area contributed by atoms with E-state index in [1.807, 2.05) is 49.9 Å². The van der Waals surface area contributed by atoms with Crippen LogP contribution in [-0.2, 0) is 4.79 Å². The molecule has 6 nitrogen and oxygen atoms in total. The fourth-order valence-electron chi connectivity index (χ4n) is 5.00. The molecule has 6 heteroatoms. The lowest BCUT2D eigenvalue weighted by atomic mass is 9.81. The van der Waals surface area contributed by atoms with Crippen LogP contribution in [0.5, 0.6) is 11.5 Å². The molecule has 2 aliphatic heterocycles. The van der Waals surface area contributed by atoms with Gasteiger partial charge in [-0.25, -0.2) is 10.9 Å². The third-order valence-electron chi connectivity index (χ3n) is 6.07. The van der Waals surface area contributed by atoms with Crippen LogP contribution in [0.1, 0.15) is 41.3 Å². The van der Waals surface area contributed by atoms with Gasteiger partial charge in [-0.05, 0) is 55.7 Å². The molecule has 4 rings (SSSR count). The highest BCUT2D eigenvalue weighted by Gasteiger charge is 2.55. The summed E-state index contributed by atoms with van der Waals surface area (Å²) in [6, 6.07) is 11.0. The molecular weight excluding hydrogens is 378 g/mol. The molecule has 0 bridgehead atoms. The number of benzene rings is 2. The molecule has 2 aromatic rings. The number of hydrazine groups is 1. The van der Waals surface area contributed by atoms with Crippen molar-refractivity contribution < 1.29 is 14.6 Å². The number of likely N-dealkylation sites (tertiary alicyclic amines) is 1. The first-order valence-electron chi connectivity index (χ1n) is 10.4. The topological polar surface area (TPSA) is 73.8 Å². The summed E-state index contributed by atoms with van der Waals surface area (Å²) in [5.74, 6) is 0.978. The van der Waals surface area contributed by atoms with Gasteiger partial charge in [0.15, 0.2) is 0 Å². The van der Waals surface area contributed by atoms with Crippen molar-refractivity contribution in [1.82, 2.24) is 15.8 Å². The molecule has 4 atom stereocenters. The molecule has 2 aromatic carbocycles. The van der Waals surface area contributed by atoms with Gasteiger partial charge >= 0.3 is 0 Å². The summed E-state index contributed by atoms with van der Waals surface area (Å²) < 4.78 is 5.71. The first kappa shape index (κ1) is 20.4. The van der Waals surface area contributed by atoms with Gasteiger partial charge in [-0.2, -0.15) is 0 Å². The third-order valence-corrected chi connectivity index (χ3v) is 6.07. The van der Waals surface area contributed by atoms with Crippen molar-refractivity contribution in [2.24, 2.45) is 5.92 Å². The minimum atomic E-state index is -0.379. The highest BCUT2D eigenvalue weighted by molar-refractivity contribution is 5.86. The number of ether oxygens (including phenoxy) is 1. The van der Waals surface area contributed by atoms with E-state index in [1.54, 1.807) is 12.1 Å². The van der Waals surface area contributed by atoms with E-state index < -0.39 is 0 Å². The van der Waals surface area contributed by atoms with Crippen LogP contribution >= 0.6 is 0 Å². The summed E-state index contributed by atoms with van der Waals surface area (Å²) in [7, 11) is 0. The number of phenolic OH excluding ortho intramolecular Hbond substituents is 1. The zero-order valence-corrected chi connectivity index (χ0v) is 17.7. The smallest absolute Gasteiger partial charge is 0.242 e. The van der Waals surface area contributed by atoms with E-state index in [0.717, 1.165) is 28.0 Å². The fraction of sp³-hybridized carbons (Fsp3) is 0.375. The van der Waals surface area contributed by atoms with Gasteiger partial charge in [0, 0.05) is 18.0 Å². The second kappa shape index (κ2) is 8.13. The Morgan fingerprint density at radius 3 is 2.67 bits per heavy atom. The van der Waals surface area contributed by atoms with Crippen LogP contribution in [0.2, 0.25) is 0 Å². The summed E-state index contributed by atoms with van der Waals surface area (Å²) in [5.41, 5.74) is 10.4. The molecule has 2 aliphatic rings. The van der Waals surface area contributed by atoms with Crippen molar-refractivity contribution in [3.05, 3.63) is 71.3 Å². The number of carbonyl (C=O) groups excluding carboxylic acids is 1. The van der Waals surface area contributed by atoms with Crippen LogP contribution in [0, 0.1) is 19.8 Å². The van der Waals surface area contributed by atoms with Crippen LogP contribution in [0.3, 0.4) is 0 Å². The van der Waals surface area contributed by atoms with Crippen LogP contribution in [0.15, 0.2) is 49.1 Å². The number of phenols is 1. The van der Waals surface area contributed by atoms with Gasteiger partial charge < -0.3 is 14.7 Å². The number of fused-ring (bicyclic) bond motifs is 1. The lowest BCUT2D eigenvalue weighted by Gasteiger charge is -2.31. The van der Waals surface area contributed by atoms with E-state index in [4.69, 9.17) is 4.74 Å². The summed E-state index contributed by atoms with van der Waals surface area (Å²) >= 11 is 0. The molecule has 1 amide bonds. The quantitative estimate of drug-likeness (QED) is 0.641. The van der Waals surface area contributed by atoms with Crippen LogP contribution in [0.4, 0.5) is 0 Å². The first-order chi connectivity index (χ1) is 14.5. The second-order valence-electron chi connectivity index (χ2n) is 8.07. The molecule has 158 valence electrons. The molecule has 0 aromatic heterocycles. The molecule has 0 saturated carbocycles. The van der Waals surface area contributed by atoms with Gasteiger partial charge in [0.25, 0.3) is 0 Å². The molecule has 2 fully saturated rings. The Morgan fingerprint density at radius 2 is 1.97 bits per heavy atom. The molecule has 0 aliphatic carbocycles. The average Bonchev–Trinajstić information content (AvgIpc) is 3.22. The molecule has 2 saturated heterocycles. The van der Waals surface area contributed by atoms with Crippen molar-refractivity contribution in [1.29, 1.82) is 0 Å². The lowest BCUT2D eigenvalue weighted by molar-refractivity contribution is -0.130. The highest BCUT2D eigenvalue weighted by atomic mass is 16.5. The minimum absolute atomic E-state index is 0.0333. The fourth-order valence-corrected chi connectivity index (χ4v) is 5.00. The van der Waals surface area contributed by atoms with Crippen LogP contribution in [-0.4, -0.2) is 35.1 Å². The molecule has 2 heterocycles. The van der Waals surface area contributed by atoms with Gasteiger partial charge in [-0.3, -0.25) is 4.79 Å². The maximum atomic E-state index is 13.3. The number of carbonyl (C=O) groups is 1. The van der Waals surface area contributed by atoms with E-state index in [2.05, 4.69) is 23.5 Å². The molecule has 3 N–H and O–H groups in total. The Hall–Kier alpha value is -2.83. The van der Waals surface area contributed by atoms with Crippen molar-refractivity contribution >= 4 is 5.91 Å². The Labute approximate surface area is 177 Å². The Kier molecular flexibility index (Phi) is 5.54. The number of amides is 1. The minimum Gasteiger partial charge on any atom is -0.508 e. The molecule has 4 unspecified atom stereocenters. The van der Waals surface area contributed by atoms with Crippen molar-refractivity contribution in [3.63, 3.8) is 0 Å². The number of aromatic hydroxyl groups is 1. The Bertz CT molecular complexity index is 951. The molecule has 0 radical (unpaired) electrons. The van der Waals surface area contributed by atoms with Gasteiger partial charge in [-0.1, -0.05) is 24.3 Å². The van der Waals surface area contributed by atoms with Crippen LogP contribution < -0.4 is 15.6 Å². The Morgan fingerprint density at radius 1 is 1.20 bits per heavy atom. The first-order valence-corrected chi connectivity index (χ1v) is 10.4. The number of nitrogens with zero attached hydrogens (tertiary/aromatic N) is 1. The van der Waals surface area contributed by atoms with E-state index in [-0.39, 0.29) is 35.7 Å². The highest BCUT2D eigenvalue weighted by Crippen LogP contribution is 2.49. The summed E-state index contributed by atoms with van der Waals surface area (Å²) in [6.07, 6.45) is 1.76. The summed E-state index contributed by atoms with van der Waals surface area (Å²) in [5, 5.41) is 10.8. The normalized spacial score (nSPS) is 25.4. The number of nitrogens with one attached hydrogen (secondary N) is 2. The van der Waals surface area contributed by atoms with E-state index in [1.165, 1.54) is 0 Å². The monoisotopic (exact) mass is 407 g/mol. The molecule has 30 heavy (non-hydrogen) atoms. The Balaban J connectivity index is 1.81. The SMILES string of the molecule is C=CCN1C(=O)C2NNC(c3c(C)cc(C)cc3O)C2C1c1cccc(OCC)c1. The number of aryl methyl sites for hydroxylation is 2. The van der Waals surface area contributed by atoms with Crippen molar-refractivity contribution in [3.8, 4) is 11.5 Å².